The van der Waals surface area contributed by atoms with Crippen LogP contribution in [-0.4, -0.2) is 29.3 Å². The Balaban J connectivity index is 2.10. The van der Waals surface area contributed by atoms with Gasteiger partial charge >= 0.3 is 0 Å². The van der Waals surface area contributed by atoms with Crippen molar-refractivity contribution < 1.29 is 14.7 Å². The zero-order valence-corrected chi connectivity index (χ0v) is 15.9. The van der Waals surface area contributed by atoms with Crippen LogP contribution in [0.2, 0.25) is 0 Å². The van der Waals surface area contributed by atoms with Gasteiger partial charge in [0, 0.05) is 5.75 Å². The molecule has 0 aliphatic carbocycles. The zero-order chi connectivity index (χ0) is 18.8. The predicted octanol–water partition coefficient (Wildman–Crippen LogP) is 3.62. The molecule has 4 nitrogen and oxygen atoms in total. The van der Waals surface area contributed by atoms with Crippen LogP contribution in [0, 0.1) is 20.8 Å². The highest BCUT2D eigenvalue weighted by molar-refractivity contribution is 8.04. The molecule has 0 atom stereocenters. The van der Waals surface area contributed by atoms with Gasteiger partial charge in [0.15, 0.2) is 0 Å². The lowest BCUT2D eigenvalue weighted by Crippen LogP contribution is -2.31. The molecule has 0 bridgehead atoms. The number of aliphatic hydroxyl groups excluding tert-OH is 1. The van der Waals surface area contributed by atoms with Gasteiger partial charge in [0.05, 0.1) is 22.8 Å². The number of imide groups is 1. The summed E-state index contributed by atoms with van der Waals surface area (Å²) in [5.74, 6) is -0.275. The Morgan fingerprint density at radius 1 is 0.923 bits per heavy atom. The summed E-state index contributed by atoms with van der Waals surface area (Å²) < 4.78 is 0. The molecule has 1 heterocycles. The molecule has 3 rings (SSSR count). The van der Waals surface area contributed by atoms with Crippen molar-refractivity contribution in [2.45, 2.75) is 20.8 Å². The summed E-state index contributed by atoms with van der Waals surface area (Å²) in [5, 5.41) is 9.19. The van der Waals surface area contributed by atoms with Crippen molar-refractivity contribution in [1.82, 2.24) is 0 Å². The molecule has 5 heteroatoms. The second-order valence-corrected chi connectivity index (χ2v) is 7.48. The monoisotopic (exact) mass is 367 g/mol. The number of benzene rings is 2. The molecule has 0 fully saturated rings. The molecule has 0 unspecified atom stereocenters. The molecule has 1 aliphatic heterocycles. The van der Waals surface area contributed by atoms with Crippen molar-refractivity contribution >= 4 is 34.8 Å². The fourth-order valence-electron chi connectivity index (χ4n) is 3.05. The predicted molar refractivity (Wildman–Crippen MR) is 106 cm³/mol. The topological polar surface area (TPSA) is 57.6 Å². The van der Waals surface area contributed by atoms with Gasteiger partial charge in [-0.2, -0.15) is 0 Å². The first kappa shape index (κ1) is 18.4. The largest absolute Gasteiger partial charge is 0.396 e. The third-order valence-corrected chi connectivity index (χ3v) is 5.38. The van der Waals surface area contributed by atoms with E-state index in [0.29, 0.717) is 21.9 Å². The van der Waals surface area contributed by atoms with Gasteiger partial charge in [-0.15, -0.1) is 11.8 Å². The van der Waals surface area contributed by atoms with Gasteiger partial charge in [0.2, 0.25) is 0 Å². The first-order chi connectivity index (χ1) is 12.4. The lowest BCUT2D eigenvalue weighted by molar-refractivity contribution is -0.119. The van der Waals surface area contributed by atoms with Crippen LogP contribution in [0.3, 0.4) is 0 Å². The second kappa shape index (κ2) is 7.48. The summed E-state index contributed by atoms with van der Waals surface area (Å²) in [6.07, 6.45) is 0. The standard InChI is InChI=1S/C21H21NO3S/c1-13-4-7-16(8-5-13)22-20(24)18(19(21(22)25)26-11-10-23)17-9-6-14(2)12-15(17)3/h4-9,12,23H,10-11H2,1-3H3. The summed E-state index contributed by atoms with van der Waals surface area (Å²) in [6, 6.07) is 13.2. The second-order valence-electron chi connectivity index (χ2n) is 6.38. The first-order valence-corrected chi connectivity index (χ1v) is 9.43. The van der Waals surface area contributed by atoms with Crippen LogP contribution in [0.1, 0.15) is 22.3 Å². The van der Waals surface area contributed by atoms with Gasteiger partial charge in [-0.1, -0.05) is 41.5 Å². The maximum absolute atomic E-state index is 13.2. The van der Waals surface area contributed by atoms with Crippen molar-refractivity contribution in [1.29, 1.82) is 0 Å². The van der Waals surface area contributed by atoms with E-state index in [-0.39, 0.29) is 18.4 Å². The van der Waals surface area contributed by atoms with Crippen LogP contribution in [0.4, 0.5) is 5.69 Å². The van der Waals surface area contributed by atoms with E-state index >= 15 is 0 Å². The molecule has 0 aromatic heterocycles. The van der Waals surface area contributed by atoms with E-state index < -0.39 is 0 Å². The van der Waals surface area contributed by atoms with Crippen LogP contribution in [0.25, 0.3) is 5.57 Å². The molecule has 1 N–H and O–H groups in total. The minimum absolute atomic E-state index is 0.0552. The summed E-state index contributed by atoms with van der Waals surface area (Å²) in [6.45, 7) is 5.84. The Kier molecular flexibility index (Phi) is 5.30. The lowest BCUT2D eigenvalue weighted by Gasteiger charge is -2.15. The lowest BCUT2D eigenvalue weighted by atomic mass is 9.99. The number of aliphatic hydroxyl groups is 1. The molecule has 0 radical (unpaired) electrons. The summed E-state index contributed by atoms with van der Waals surface area (Å²) in [5.41, 5.74) is 4.87. The average Bonchev–Trinajstić information content (AvgIpc) is 2.84. The molecule has 26 heavy (non-hydrogen) atoms. The van der Waals surface area contributed by atoms with E-state index in [2.05, 4.69) is 0 Å². The number of anilines is 1. The van der Waals surface area contributed by atoms with Gasteiger partial charge in [-0.3, -0.25) is 9.59 Å². The van der Waals surface area contributed by atoms with Gasteiger partial charge in [0.25, 0.3) is 11.8 Å². The van der Waals surface area contributed by atoms with Crippen LogP contribution in [0.15, 0.2) is 47.4 Å². The minimum atomic E-state index is -0.327. The zero-order valence-electron chi connectivity index (χ0n) is 15.1. The van der Waals surface area contributed by atoms with Crippen LogP contribution in [-0.2, 0) is 9.59 Å². The molecule has 134 valence electrons. The molecule has 2 aromatic rings. The fraction of sp³-hybridized carbons (Fsp3) is 0.238. The van der Waals surface area contributed by atoms with Crippen molar-refractivity contribution in [3.05, 3.63) is 69.6 Å². The number of carbonyl (C=O) groups excluding carboxylic acids is 2. The molecular weight excluding hydrogens is 346 g/mol. The van der Waals surface area contributed by atoms with Crippen LogP contribution in [0.5, 0.6) is 0 Å². The van der Waals surface area contributed by atoms with E-state index in [9.17, 15) is 14.7 Å². The number of hydrogen-bond donors (Lipinski definition) is 1. The van der Waals surface area contributed by atoms with Gasteiger partial charge in [0.1, 0.15) is 0 Å². The van der Waals surface area contributed by atoms with Crippen molar-refractivity contribution in [3.63, 3.8) is 0 Å². The number of amides is 2. The third-order valence-electron chi connectivity index (χ3n) is 4.32. The summed E-state index contributed by atoms with van der Waals surface area (Å²) >= 11 is 1.23. The molecular formula is C21H21NO3S. The molecule has 0 spiro atoms. The fourth-order valence-corrected chi connectivity index (χ4v) is 3.90. The molecule has 2 aromatic carbocycles. The van der Waals surface area contributed by atoms with E-state index in [1.54, 1.807) is 12.1 Å². The van der Waals surface area contributed by atoms with Crippen molar-refractivity contribution in [2.75, 3.05) is 17.3 Å². The molecule has 0 saturated carbocycles. The number of hydrogen-bond acceptors (Lipinski definition) is 4. The average molecular weight is 367 g/mol. The Labute approximate surface area is 157 Å². The van der Waals surface area contributed by atoms with Crippen LogP contribution >= 0.6 is 11.8 Å². The van der Waals surface area contributed by atoms with Crippen molar-refractivity contribution in [3.8, 4) is 0 Å². The highest BCUT2D eigenvalue weighted by Crippen LogP contribution is 2.39. The quantitative estimate of drug-likeness (QED) is 0.820. The SMILES string of the molecule is Cc1ccc(N2C(=O)C(SCCO)=C(c3ccc(C)cc3C)C2=O)cc1. The third kappa shape index (κ3) is 3.32. The Bertz CT molecular complexity index is 900. The number of nitrogens with zero attached hydrogens (tertiary/aromatic N) is 1. The Hall–Kier alpha value is -2.37. The molecule has 0 saturated heterocycles. The maximum atomic E-state index is 13.2. The Morgan fingerprint density at radius 3 is 2.19 bits per heavy atom. The highest BCUT2D eigenvalue weighted by Gasteiger charge is 2.40. The smallest absolute Gasteiger partial charge is 0.272 e. The summed E-state index contributed by atoms with van der Waals surface area (Å²) in [7, 11) is 0. The van der Waals surface area contributed by atoms with E-state index in [0.717, 1.165) is 22.3 Å². The summed E-state index contributed by atoms with van der Waals surface area (Å²) in [4.78, 5) is 27.8. The van der Waals surface area contributed by atoms with E-state index in [1.807, 2.05) is 51.1 Å². The van der Waals surface area contributed by atoms with Crippen molar-refractivity contribution in [2.24, 2.45) is 0 Å². The Morgan fingerprint density at radius 2 is 1.58 bits per heavy atom. The number of thioether (sulfide) groups is 1. The minimum Gasteiger partial charge on any atom is -0.396 e. The molecule has 2 amide bonds. The van der Waals surface area contributed by atoms with E-state index in [4.69, 9.17) is 0 Å². The number of aryl methyl sites for hydroxylation is 3. The highest BCUT2D eigenvalue weighted by atomic mass is 32.2. The van der Waals surface area contributed by atoms with Crippen LogP contribution < -0.4 is 4.90 Å². The van der Waals surface area contributed by atoms with Gasteiger partial charge in [-0.25, -0.2) is 4.90 Å². The number of carbonyl (C=O) groups is 2. The number of rotatable bonds is 5. The maximum Gasteiger partial charge on any atom is 0.272 e. The molecule has 1 aliphatic rings. The normalized spacial score (nSPS) is 14.5. The van der Waals surface area contributed by atoms with Gasteiger partial charge in [-0.05, 0) is 44.0 Å². The first-order valence-electron chi connectivity index (χ1n) is 8.45. The van der Waals surface area contributed by atoms with Gasteiger partial charge < -0.3 is 5.11 Å². The van der Waals surface area contributed by atoms with E-state index in [1.165, 1.54) is 16.7 Å².